The van der Waals surface area contributed by atoms with Gasteiger partial charge in [0.15, 0.2) is 0 Å². The Bertz CT molecular complexity index is 115. The molecule has 0 saturated carbocycles. The molecule has 12 heavy (non-hydrogen) atoms. The smallest absolute Gasteiger partial charge is 0.0925 e. The molecule has 0 radical (unpaired) electrons. The summed E-state index contributed by atoms with van der Waals surface area (Å²) in [6, 6.07) is 0. The predicted octanol–water partition coefficient (Wildman–Crippen LogP) is 2.89. The summed E-state index contributed by atoms with van der Waals surface area (Å²) in [5.74, 6) is 0.731. The number of nitrogens with one attached hydrogen (secondary N) is 1. The minimum Gasteiger partial charge on any atom is -0.361 e. The molecule has 2 nitrogen and oxygen atoms in total. The van der Waals surface area contributed by atoms with Crippen LogP contribution in [0.1, 0.15) is 46.5 Å². The number of hydrogen-bond acceptors (Lipinski definition) is 1. The van der Waals surface area contributed by atoms with Crippen molar-refractivity contribution in [2.45, 2.75) is 46.5 Å². The van der Waals surface area contributed by atoms with Crippen molar-refractivity contribution in [2.24, 2.45) is 0 Å². The molecule has 0 spiro atoms. The highest BCUT2D eigenvalue weighted by atomic mass is 15.2. The molecular formula is C10H22N2. The normalized spacial score (nSPS) is 16.4. The molecule has 1 heterocycles. The molecule has 0 aromatic heterocycles. The van der Waals surface area contributed by atoms with Gasteiger partial charge in [0.05, 0.1) is 5.84 Å². The van der Waals surface area contributed by atoms with Crippen molar-refractivity contribution < 1.29 is 0 Å². The Balaban J connectivity index is 0.000000354. The molecule has 2 heteroatoms. The Morgan fingerprint density at radius 1 is 1.17 bits per heavy atom. The van der Waals surface area contributed by atoms with E-state index in [1.54, 1.807) is 0 Å². The molecule has 0 amide bonds. The number of amidine groups is 1. The third-order valence-electron chi connectivity index (χ3n) is 1.83. The van der Waals surface area contributed by atoms with E-state index in [0.29, 0.717) is 0 Å². The zero-order valence-corrected chi connectivity index (χ0v) is 8.69. The summed E-state index contributed by atoms with van der Waals surface area (Å²) in [7, 11) is 0. The van der Waals surface area contributed by atoms with Gasteiger partial charge in [-0.3, -0.25) is 5.41 Å². The van der Waals surface area contributed by atoms with Crippen LogP contribution in [0.5, 0.6) is 0 Å². The van der Waals surface area contributed by atoms with Gasteiger partial charge in [0.25, 0.3) is 0 Å². The Morgan fingerprint density at radius 2 is 1.58 bits per heavy atom. The lowest BCUT2D eigenvalue weighted by atomic mass is 10.1. The minimum atomic E-state index is 0.731. The zero-order valence-electron chi connectivity index (χ0n) is 8.69. The number of likely N-dealkylation sites (tertiary alicyclic amines) is 1. The van der Waals surface area contributed by atoms with Gasteiger partial charge in [-0.2, -0.15) is 0 Å². The summed E-state index contributed by atoms with van der Waals surface area (Å²) < 4.78 is 0. The van der Waals surface area contributed by atoms with Crippen LogP contribution in [0.15, 0.2) is 0 Å². The monoisotopic (exact) mass is 170 g/mol. The Labute approximate surface area is 76.5 Å². The van der Waals surface area contributed by atoms with Crippen LogP contribution in [0.3, 0.4) is 0 Å². The maximum Gasteiger partial charge on any atom is 0.0925 e. The second-order valence-electron chi connectivity index (χ2n) is 3.34. The van der Waals surface area contributed by atoms with E-state index >= 15 is 0 Å². The van der Waals surface area contributed by atoms with Crippen molar-refractivity contribution in [3.05, 3.63) is 0 Å². The summed E-state index contributed by atoms with van der Waals surface area (Å²) in [6.07, 6.45) is 5.15. The molecule has 1 saturated heterocycles. The van der Waals surface area contributed by atoms with E-state index in [1.165, 1.54) is 25.7 Å². The van der Waals surface area contributed by atoms with Crippen LogP contribution in [0, 0.1) is 5.41 Å². The SMILES string of the molecule is CC(=N)N1CCCCC1.CCC. The van der Waals surface area contributed by atoms with Crippen molar-refractivity contribution in [3.63, 3.8) is 0 Å². The van der Waals surface area contributed by atoms with Crippen LogP contribution in [0.2, 0.25) is 0 Å². The lowest BCUT2D eigenvalue weighted by Crippen LogP contribution is -2.33. The molecular weight excluding hydrogens is 148 g/mol. The molecule has 0 aliphatic carbocycles. The average molecular weight is 170 g/mol. The highest BCUT2D eigenvalue weighted by Gasteiger charge is 2.08. The van der Waals surface area contributed by atoms with Gasteiger partial charge >= 0.3 is 0 Å². The fraction of sp³-hybridized carbons (Fsp3) is 0.900. The number of rotatable bonds is 0. The lowest BCUT2D eigenvalue weighted by molar-refractivity contribution is 0.339. The summed E-state index contributed by atoms with van der Waals surface area (Å²) in [6.45, 7) is 8.33. The molecule has 1 N–H and O–H groups in total. The summed E-state index contributed by atoms with van der Waals surface area (Å²) in [5, 5.41) is 7.31. The van der Waals surface area contributed by atoms with Gasteiger partial charge < -0.3 is 4.90 Å². The van der Waals surface area contributed by atoms with Gasteiger partial charge in [0.1, 0.15) is 0 Å². The van der Waals surface area contributed by atoms with Gasteiger partial charge in [-0.05, 0) is 26.2 Å². The molecule has 1 aliphatic rings. The summed E-state index contributed by atoms with van der Waals surface area (Å²) in [5.41, 5.74) is 0. The Hall–Kier alpha value is -0.530. The molecule has 0 aromatic carbocycles. The van der Waals surface area contributed by atoms with E-state index in [0.717, 1.165) is 18.9 Å². The first kappa shape index (κ1) is 11.5. The molecule has 0 atom stereocenters. The number of nitrogens with zero attached hydrogens (tertiary/aromatic N) is 1. The van der Waals surface area contributed by atoms with Gasteiger partial charge in [-0.15, -0.1) is 0 Å². The topological polar surface area (TPSA) is 27.1 Å². The zero-order chi connectivity index (χ0) is 9.40. The van der Waals surface area contributed by atoms with E-state index in [9.17, 15) is 0 Å². The fourth-order valence-corrected chi connectivity index (χ4v) is 1.23. The van der Waals surface area contributed by atoms with Crippen LogP contribution >= 0.6 is 0 Å². The van der Waals surface area contributed by atoms with Gasteiger partial charge in [-0.1, -0.05) is 20.3 Å². The predicted molar refractivity (Wildman–Crippen MR) is 54.8 cm³/mol. The molecule has 72 valence electrons. The van der Waals surface area contributed by atoms with Crippen LogP contribution in [-0.4, -0.2) is 23.8 Å². The first-order valence-electron chi connectivity index (χ1n) is 5.02. The second kappa shape index (κ2) is 7.14. The van der Waals surface area contributed by atoms with E-state index in [2.05, 4.69) is 18.7 Å². The number of hydrogen-bond donors (Lipinski definition) is 1. The third-order valence-corrected chi connectivity index (χ3v) is 1.83. The Morgan fingerprint density at radius 3 is 1.83 bits per heavy atom. The average Bonchev–Trinajstić information content (AvgIpc) is 2.07. The van der Waals surface area contributed by atoms with Gasteiger partial charge in [0.2, 0.25) is 0 Å². The minimum absolute atomic E-state index is 0.731. The highest BCUT2D eigenvalue weighted by Crippen LogP contribution is 2.07. The van der Waals surface area contributed by atoms with Crippen molar-refractivity contribution in [1.82, 2.24) is 4.90 Å². The summed E-state index contributed by atoms with van der Waals surface area (Å²) >= 11 is 0. The van der Waals surface area contributed by atoms with E-state index in [-0.39, 0.29) is 0 Å². The van der Waals surface area contributed by atoms with Crippen molar-refractivity contribution in [2.75, 3.05) is 13.1 Å². The fourth-order valence-electron chi connectivity index (χ4n) is 1.23. The largest absolute Gasteiger partial charge is 0.361 e. The van der Waals surface area contributed by atoms with Crippen LogP contribution < -0.4 is 0 Å². The molecule has 1 rings (SSSR count). The molecule has 0 aromatic rings. The van der Waals surface area contributed by atoms with Crippen molar-refractivity contribution >= 4 is 5.84 Å². The van der Waals surface area contributed by atoms with Crippen molar-refractivity contribution in [1.29, 1.82) is 5.41 Å². The third kappa shape index (κ3) is 5.16. The molecule has 1 fully saturated rings. The van der Waals surface area contributed by atoms with E-state index < -0.39 is 0 Å². The first-order chi connectivity index (χ1) is 5.72. The standard InChI is InChI=1S/C7H14N2.C3H8/c1-7(8)9-5-3-2-4-6-9;1-3-2/h8H,2-6H2,1H3;3H2,1-2H3. The number of piperidine rings is 1. The highest BCUT2D eigenvalue weighted by molar-refractivity contribution is 5.76. The molecule has 0 unspecified atom stereocenters. The molecule has 0 bridgehead atoms. The van der Waals surface area contributed by atoms with Crippen molar-refractivity contribution in [3.8, 4) is 0 Å². The van der Waals surface area contributed by atoms with Gasteiger partial charge in [0, 0.05) is 13.1 Å². The second-order valence-corrected chi connectivity index (χ2v) is 3.34. The maximum absolute atomic E-state index is 7.31. The van der Waals surface area contributed by atoms with Gasteiger partial charge in [-0.25, -0.2) is 0 Å². The Kier molecular flexibility index (Phi) is 6.82. The van der Waals surface area contributed by atoms with E-state index in [4.69, 9.17) is 5.41 Å². The quantitative estimate of drug-likeness (QED) is 0.439. The molecule has 1 aliphatic heterocycles. The lowest BCUT2D eigenvalue weighted by Gasteiger charge is -2.27. The van der Waals surface area contributed by atoms with Crippen LogP contribution in [-0.2, 0) is 0 Å². The summed E-state index contributed by atoms with van der Waals surface area (Å²) in [4.78, 5) is 2.14. The maximum atomic E-state index is 7.31. The van der Waals surface area contributed by atoms with Crippen LogP contribution in [0.4, 0.5) is 0 Å². The van der Waals surface area contributed by atoms with Crippen LogP contribution in [0.25, 0.3) is 0 Å². The van der Waals surface area contributed by atoms with E-state index in [1.807, 2.05) is 6.92 Å². The first-order valence-corrected chi connectivity index (χ1v) is 5.02.